The van der Waals surface area contributed by atoms with Crippen molar-refractivity contribution in [2.45, 2.75) is 13.5 Å². The lowest BCUT2D eigenvalue weighted by Crippen LogP contribution is -2.05. The maximum absolute atomic E-state index is 11.0. The third-order valence-electron chi connectivity index (χ3n) is 3.12. The summed E-state index contributed by atoms with van der Waals surface area (Å²) in [5.41, 5.74) is 1.68. The van der Waals surface area contributed by atoms with E-state index in [1.807, 2.05) is 0 Å². The van der Waals surface area contributed by atoms with E-state index in [1.165, 1.54) is 17.0 Å². The van der Waals surface area contributed by atoms with Crippen LogP contribution in [-0.4, -0.2) is 30.5 Å². The summed E-state index contributed by atoms with van der Waals surface area (Å²) in [7, 11) is 0. The van der Waals surface area contributed by atoms with Crippen LogP contribution < -0.4 is 5.43 Å². The van der Waals surface area contributed by atoms with Gasteiger partial charge in [0, 0.05) is 6.07 Å². The number of rotatable bonds is 7. The van der Waals surface area contributed by atoms with Crippen LogP contribution in [0.25, 0.3) is 0 Å². The molecule has 0 aliphatic rings. The van der Waals surface area contributed by atoms with Gasteiger partial charge < -0.3 is 10.1 Å². The lowest BCUT2D eigenvalue weighted by Gasteiger charge is -2.02. The minimum absolute atomic E-state index is 0.0658. The Balaban J connectivity index is 2.27. The van der Waals surface area contributed by atoms with E-state index in [1.54, 1.807) is 6.92 Å². The highest BCUT2D eigenvalue weighted by Gasteiger charge is 2.20. The second kappa shape index (κ2) is 7.12. The first-order valence-corrected chi connectivity index (χ1v) is 6.77. The summed E-state index contributed by atoms with van der Waals surface area (Å²) >= 11 is 0. The molecule has 0 amide bonds. The zero-order chi connectivity index (χ0) is 18.6. The van der Waals surface area contributed by atoms with Gasteiger partial charge in [0.15, 0.2) is 5.69 Å². The van der Waals surface area contributed by atoms with Gasteiger partial charge in [0.2, 0.25) is 0 Å². The second-order valence-corrected chi connectivity index (χ2v) is 4.57. The van der Waals surface area contributed by atoms with Crippen molar-refractivity contribution in [3.8, 4) is 0 Å². The van der Waals surface area contributed by atoms with Gasteiger partial charge in [-0.05, 0) is 17.9 Å². The van der Waals surface area contributed by atoms with Gasteiger partial charge in [-0.2, -0.15) is 5.10 Å². The molecular weight excluding hydrogens is 338 g/mol. The number of nitro groups is 3. The average Bonchev–Trinajstić information content (AvgIpc) is 2.97. The molecule has 0 saturated carbocycles. The van der Waals surface area contributed by atoms with Gasteiger partial charge in [-0.15, -0.1) is 0 Å². The highest BCUT2D eigenvalue weighted by Crippen LogP contribution is 2.28. The fraction of sp³-hybridized carbons (Fsp3) is 0.167. The minimum Gasteiger partial charge on any atom is -0.390 e. The number of nitro benzene ring substituents is 2. The molecule has 2 rings (SSSR count). The number of hydrazone groups is 1. The van der Waals surface area contributed by atoms with Crippen molar-refractivity contribution in [2.24, 2.45) is 5.10 Å². The molecule has 1 N–H and O–H groups in total. The predicted octanol–water partition coefficient (Wildman–Crippen LogP) is 2.07. The van der Waals surface area contributed by atoms with Crippen molar-refractivity contribution in [2.75, 3.05) is 5.43 Å². The Morgan fingerprint density at radius 1 is 1.20 bits per heavy atom. The van der Waals surface area contributed by atoms with Crippen LogP contribution >= 0.6 is 0 Å². The zero-order valence-electron chi connectivity index (χ0n) is 12.7. The molecular formula is C12H11N7O6. The summed E-state index contributed by atoms with van der Waals surface area (Å²) in [6.07, 6.45) is 2.44. The quantitative estimate of drug-likeness (QED) is 0.449. The Morgan fingerprint density at radius 2 is 1.92 bits per heavy atom. The van der Waals surface area contributed by atoms with Gasteiger partial charge in [-0.25, -0.2) is 4.57 Å². The van der Waals surface area contributed by atoms with Crippen molar-refractivity contribution in [1.82, 2.24) is 9.55 Å². The summed E-state index contributed by atoms with van der Waals surface area (Å²) in [5.74, 6) is -0.356. The number of anilines is 1. The summed E-state index contributed by atoms with van der Waals surface area (Å²) in [6.45, 7) is 1.95. The van der Waals surface area contributed by atoms with Crippen LogP contribution in [0.3, 0.4) is 0 Å². The van der Waals surface area contributed by atoms with Crippen molar-refractivity contribution in [3.05, 3.63) is 60.4 Å². The summed E-state index contributed by atoms with van der Waals surface area (Å²) in [4.78, 5) is 34.0. The maximum atomic E-state index is 11.0. The number of aromatic nitrogens is 2. The first-order valence-electron chi connectivity index (χ1n) is 6.77. The number of benzene rings is 1. The molecule has 1 aromatic carbocycles. The van der Waals surface area contributed by atoms with E-state index >= 15 is 0 Å². The Bertz CT molecular complexity index is 875. The molecule has 0 aliphatic heterocycles. The van der Waals surface area contributed by atoms with E-state index in [2.05, 4.69) is 15.5 Å². The van der Waals surface area contributed by atoms with Crippen LogP contribution in [0.15, 0.2) is 29.5 Å². The molecule has 0 radical (unpaired) electrons. The van der Waals surface area contributed by atoms with Crippen molar-refractivity contribution < 1.29 is 14.8 Å². The first-order chi connectivity index (χ1) is 11.8. The normalized spacial score (nSPS) is 10.8. The van der Waals surface area contributed by atoms with Crippen molar-refractivity contribution >= 4 is 29.2 Å². The van der Waals surface area contributed by atoms with Crippen molar-refractivity contribution in [1.29, 1.82) is 0 Å². The van der Waals surface area contributed by atoms with Crippen LogP contribution in [0.5, 0.6) is 0 Å². The monoisotopic (exact) mass is 349 g/mol. The van der Waals surface area contributed by atoms with E-state index in [-0.39, 0.29) is 18.2 Å². The Labute approximate surface area is 139 Å². The molecule has 0 aliphatic carbocycles. The Kier molecular flexibility index (Phi) is 4.97. The smallest absolute Gasteiger partial charge is 0.390 e. The van der Waals surface area contributed by atoms with Crippen LogP contribution in [0, 0.1) is 30.3 Å². The van der Waals surface area contributed by atoms with Gasteiger partial charge >= 0.3 is 11.6 Å². The lowest BCUT2D eigenvalue weighted by atomic mass is 10.2. The average molecular weight is 349 g/mol. The molecule has 0 saturated heterocycles. The molecule has 25 heavy (non-hydrogen) atoms. The molecule has 2 aromatic rings. The number of hydrogen-bond donors (Lipinski definition) is 1. The second-order valence-electron chi connectivity index (χ2n) is 4.57. The van der Waals surface area contributed by atoms with Crippen LogP contribution in [0.2, 0.25) is 0 Å². The first kappa shape index (κ1) is 17.5. The number of hydrogen-bond acceptors (Lipinski definition) is 9. The van der Waals surface area contributed by atoms with Gasteiger partial charge in [-0.3, -0.25) is 25.7 Å². The maximum Gasteiger partial charge on any atom is 0.435 e. The third kappa shape index (κ3) is 3.72. The molecule has 13 nitrogen and oxygen atoms in total. The zero-order valence-corrected chi connectivity index (χ0v) is 12.7. The van der Waals surface area contributed by atoms with E-state index < -0.39 is 26.1 Å². The molecule has 13 heteroatoms. The number of non-ortho nitro benzene ring substituents is 1. The van der Waals surface area contributed by atoms with E-state index in [4.69, 9.17) is 0 Å². The van der Waals surface area contributed by atoms with E-state index in [0.29, 0.717) is 5.69 Å². The van der Waals surface area contributed by atoms with Gasteiger partial charge in [0.05, 0.1) is 28.7 Å². The largest absolute Gasteiger partial charge is 0.435 e. The summed E-state index contributed by atoms with van der Waals surface area (Å²) < 4.78 is 1.29. The SMILES string of the molecule is CCn1c(/C=N/Nc2ccc([N+](=O)[O-])cc2[N+](=O)[O-])cnc1[N+](=O)[O-]. The molecule has 0 unspecified atom stereocenters. The number of nitrogens with one attached hydrogen (secondary N) is 1. The van der Waals surface area contributed by atoms with Crippen LogP contribution in [-0.2, 0) is 6.54 Å². The van der Waals surface area contributed by atoms with E-state index in [0.717, 1.165) is 18.2 Å². The van der Waals surface area contributed by atoms with Crippen LogP contribution in [0.4, 0.5) is 23.0 Å². The van der Waals surface area contributed by atoms with Crippen molar-refractivity contribution in [3.63, 3.8) is 0 Å². The summed E-state index contributed by atoms with van der Waals surface area (Å²) in [5, 5.41) is 36.3. The van der Waals surface area contributed by atoms with Gasteiger partial charge in [0.1, 0.15) is 11.9 Å². The number of imidazole rings is 1. The molecule has 0 bridgehead atoms. The molecule has 1 heterocycles. The summed E-state index contributed by atoms with van der Waals surface area (Å²) in [6, 6.07) is 3.04. The number of nitrogens with zero attached hydrogens (tertiary/aromatic N) is 6. The fourth-order valence-electron chi connectivity index (χ4n) is 2.00. The third-order valence-corrected chi connectivity index (χ3v) is 3.12. The van der Waals surface area contributed by atoms with Gasteiger partial charge in [0.25, 0.3) is 5.69 Å². The van der Waals surface area contributed by atoms with Crippen LogP contribution in [0.1, 0.15) is 12.6 Å². The molecule has 0 spiro atoms. The molecule has 0 atom stereocenters. The highest BCUT2D eigenvalue weighted by atomic mass is 16.6. The van der Waals surface area contributed by atoms with Gasteiger partial charge in [-0.1, -0.05) is 4.98 Å². The Morgan fingerprint density at radius 3 is 2.48 bits per heavy atom. The molecule has 130 valence electrons. The Hall–Kier alpha value is -3.90. The fourth-order valence-corrected chi connectivity index (χ4v) is 2.00. The predicted molar refractivity (Wildman–Crippen MR) is 85.5 cm³/mol. The minimum atomic E-state index is -0.786. The molecule has 0 fully saturated rings. The lowest BCUT2D eigenvalue weighted by molar-refractivity contribution is -0.396. The van der Waals surface area contributed by atoms with E-state index in [9.17, 15) is 30.3 Å². The topological polar surface area (TPSA) is 172 Å². The highest BCUT2D eigenvalue weighted by molar-refractivity contribution is 5.79. The molecule has 1 aromatic heterocycles. The standard InChI is InChI=1S/C12H11N7O6/c1-2-16-9(6-13-12(16)19(24)25)7-14-15-10-4-3-8(17(20)21)5-11(10)18(22)23/h3-7,15H,2H2,1H3/b14-7+.